The first-order valence-electron chi connectivity index (χ1n) is 8.10. The second-order valence-corrected chi connectivity index (χ2v) is 6.38. The second-order valence-electron chi connectivity index (χ2n) is 6.38. The van der Waals surface area contributed by atoms with Crippen molar-refractivity contribution in [2.24, 2.45) is 0 Å². The Morgan fingerprint density at radius 3 is 2.04 bits per heavy atom. The van der Waals surface area contributed by atoms with Gasteiger partial charge in [0.2, 0.25) is 0 Å². The van der Waals surface area contributed by atoms with Crippen LogP contribution in [0.1, 0.15) is 53.7 Å². The first-order chi connectivity index (χ1) is 11.0. The molecular formula is C20H25NO2. The highest BCUT2D eigenvalue weighted by Crippen LogP contribution is 2.15. The fourth-order valence-corrected chi connectivity index (χ4v) is 2.52. The zero-order chi connectivity index (χ0) is 16.8. The Morgan fingerprint density at radius 1 is 0.957 bits per heavy atom. The zero-order valence-electron chi connectivity index (χ0n) is 14.0. The Hall–Kier alpha value is -2.13. The summed E-state index contributed by atoms with van der Waals surface area (Å²) in [6, 6.07) is 16.2. The van der Waals surface area contributed by atoms with Crippen LogP contribution in [-0.2, 0) is 13.0 Å². The summed E-state index contributed by atoms with van der Waals surface area (Å²) in [4.78, 5) is 10.8. The van der Waals surface area contributed by atoms with E-state index in [2.05, 4.69) is 50.4 Å². The Bertz CT molecular complexity index is 630. The number of carboxylic acid groups (broad SMARTS) is 1. The number of nitrogens with one attached hydrogen (secondary N) is 1. The molecule has 0 spiro atoms. The van der Waals surface area contributed by atoms with Gasteiger partial charge in [0.05, 0.1) is 5.56 Å². The van der Waals surface area contributed by atoms with E-state index in [9.17, 15) is 4.79 Å². The lowest BCUT2D eigenvalue weighted by atomic mass is 9.99. The van der Waals surface area contributed by atoms with Crippen molar-refractivity contribution in [2.45, 2.75) is 45.7 Å². The van der Waals surface area contributed by atoms with E-state index >= 15 is 0 Å². The maximum atomic E-state index is 10.8. The molecule has 0 aliphatic rings. The highest BCUT2D eigenvalue weighted by Gasteiger charge is 2.06. The van der Waals surface area contributed by atoms with E-state index in [1.165, 1.54) is 11.1 Å². The van der Waals surface area contributed by atoms with Crippen molar-refractivity contribution in [3.8, 4) is 0 Å². The lowest BCUT2D eigenvalue weighted by Gasteiger charge is -2.15. The Balaban J connectivity index is 1.84. The molecule has 2 aromatic rings. The van der Waals surface area contributed by atoms with Gasteiger partial charge in [-0.2, -0.15) is 0 Å². The highest BCUT2D eigenvalue weighted by molar-refractivity contribution is 5.87. The molecule has 0 heterocycles. The van der Waals surface area contributed by atoms with Crippen LogP contribution in [0.2, 0.25) is 0 Å². The summed E-state index contributed by atoms with van der Waals surface area (Å²) in [5.41, 5.74) is 4.12. The molecule has 2 rings (SSSR count). The van der Waals surface area contributed by atoms with Gasteiger partial charge in [-0.1, -0.05) is 50.2 Å². The van der Waals surface area contributed by atoms with Crippen LogP contribution in [0.5, 0.6) is 0 Å². The molecule has 0 fully saturated rings. The van der Waals surface area contributed by atoms with Crippen molar-refractivity contribution in [1.29, 1.82) is 0 Å². The average Bonchev–Trinajstić information content (AvgIpc) is 2.54. The summed E-state index contributed by atoms with van der Waals surface area (Å²) in [7, 11) is 0. The Morgan fingerprint density at radius 2 is 1.52 bits per heavy atom. The van der Waals surface area contributed by atoms with Gasteiger partial charge in [0, 0.05) is 12.6 Å². The molecular weight excluding hydrogens is 286 g/mol. The second kappa shape index (κ2) is 7.93. The van der Waals surface area contributed by atoms with Crippen LogP contribution < -0.4 is 5.32 Å². The maximum absolute atomic E-state index is 10.8. The van der Waals surface area contributed by atoms with Gasteiger partial charge in [0.1, 0.15) is 0 Å². The van der Waals surface area contributed by atoms with Gasteiger partial charge >= 0.3 is 5.97 Å². The van der Waals surface area contributed by atoms with Gasteiger partial charge in [-0.15, -0.1) is 0 Å². The Labute approximate surface area is 138 Å². The summed E-state index contributed by atoms with van der Waals surface area (Å²) < 4.78 is 0. The lowest BCUT2D eigenvalue weighted by Crippen LogP contribution is -2.27. The van der Waals surface area contributed by atoms with Crippen molar-refractivity contribution >= 4 is 5.97 Å². The van der Waals surface area contributed by atoms with Gasteiger partial charge in [-0.25, -0.2) is 4.79 Å². The largest absolute Gasteiger partial charge is 0.478 e. The van der Waals surface area contributed by atoms with Crippen LogP contribution in [0.25, 0.3) is 0 Å². The van der Waals surface area contributed by atoms with E-state index in [1.807, 2.05) is 12.1 Å². The van der Waals surface area contributed by atoms with Crippen molar-refractivity contribution in [1.82, 2.24) is 5.32 Å². The van der Waals surface area contributed by atoms with Crippen LogP contribution in [0.4, 0.5) is 0 Å². The first-order valence-corrected chi connectivity index (χ1v) is 8.10. The fourth-order valence-electron chi connectivity index (χ4n) is 2.52. The van der Waals surface area contributed by atoms with Crippen LogP contribution >= 0.6 is 0 Å². The number of hydrogen-bond acceptors (Lipinski definition) is 2. The maximum Gasteiger partial charge on any atom is 0.335 e. The minimum Gasteiger partial charge on any atom is -0.478 e. The monoisotopic (exact) mass is 311 g/mol. The van der Waals surface area contributed by atoms with Gasteiger partial charge in [0.15, 0.2) is 0 Å². The van der Waals surface area contributed by atoms with E-state index in [0.29, 0.717) is 17.5 Å². The number of carboxylic acids is 1. The van der Waals surface area contributed by atoms with Crippen LogP contribution in [-0.4, -0.2) is 17.1 Å². The van der Waals surface area contributed by atoms with Crippen molar-refractivity contribution in [2.75, 3.05) is 0 Å². The summed E-state index contributed by atoms with van der Waals surface area (Å²) >= 11 is 0. The number of benzene rings is 2. The molecule has 0 radical (unpaired) electrons. The van der Waals surface area contributed by atoms with Crippen LogP contribution in [0.3, 0.4) is 0 Å². The molecule has 0 aromatic heterocycles. The van der Waals surface area contributed by atoms with Crippen LogP contribution in [0.15, 0.2) is 48.5 Å². The average molecular weight is 311 g/mol. The van der Waals surface area contributed by atoms with Gasteiger partial charge < -0.3 is 10.4 Å². The normalized spacial score (nSPS) is 12.3. The molecule has 2 N–H and O–H groups in total. The highest BCUT2D eigenvalue weighted by atomic mass is 16.4. The van der Waals surface area contributed by atoms with Gasteiger partial charge in [0.25, 0.3) is 0 Å². The summed E-state index contributed by atoms with van der Waals surface area (Å²) in [6.45, 7) is 7.32. The third-order valence-corrected chi connectivity index (χ3v) is 4.04. The molecule has 0 aliphatic carbocycles. The van der Waals surface area contributed by atoms with Crippen LogP contribution in [0, 0.1) is 0 Å². The SMILES string of the molecule is CC(Cc1ccc(C(C)C)cc1)NCc1ccc(C(=O)O)cc1. The predicted octanol–water partition coefficient (Wildman–Crippen LogP) is 4.23. The molecule has 1 atom stereocenters. The smallest absolute Gasteiger partial charge is 0.335 e. The van der Waals surface area contributed by atoms with Gasteiger partial charge in [-0.05, 0) is 48.1 Å². The van der Waals surface area contributed by atoms with E-state index in [1.54, 1.807) is 12.1 Å². The summed E-state index contributed by atoms with van der Waals surface area (Å²) in [6.07, 6.45) is 0.978. The third kappa shape index (κ3) is 5.22. The quantitative estimate of drug-likeness (QED) is 0.804. The van der Waals surface area contributed by atoms with Crippen molar-refractivity contribution in [3.05, 3.63) is 70.8 Å². The first kappa shape index (κ1) is 17.2. The minimum absolute atomic E-state index is 0.326. The fraction of sp³-hybridized carbons (Fsp3) is 0.350. The standard InChI is InChI=1S/C20H25NO2/c1-14(2)18-8-4-16(5-9-18)12-15(3)21-13-17-6-10-19(11-7-17)20(22)23/h4-11,14-15,21H,12-13H2,1-3H3,(H,22,23). The lowest BCUT2D eigenvalue weighted by molar-refractivity contribution is 0.0697. The number of aromatic carboxylic acids is 1. The third-order valence-electron chi connectivity index (χ3n) is 4.04. The number of hydrogen-bond donors (Lipinski definition) is 2. The molecule has 2 aromatic carbocycles. The van der Waals surface area contributed by atoms with Crippen molar-refractivity contribution < 1.29 is 9.90 Å². The molecule has 1 unspecified atom stereocenters. The van der Waals surface area contributed by atoms with E-state index in [-0.39, 0.29) is 0 Å². The molecule has 0 aliphatic heterocycles. The van der Waals surface area contributed by atoms with Gasteiger partial charge in [-0.3, -0.25) is 0 Å². The summed E-state index contributed by atoms with van der Waals surface area (Å²) in [5, 5.41) is 12.4. The zero-order valence-corrected chi connectivity index (χ0v) is 14.0. The molecule has 0 saturated carbocycles. The Kier molecular flexibility index (Phi) is 5.94. The number of carbonyl (C=O) groups is 1. The number of rotatable bonds is 7. The molecule has 3 heteroatoms. The molecule has 3 nitrogen and oxygen atoms in total. The molecule has 0 saturated heterocycles. The molecule has 122 valence electrons. The topological polar surface area (TPSA) is 49.3 Å². The summed E-state index contributed by atoms with van der Waals surface area (Å²) in [5.74, 6) is -0.323. The minimum atomic E-state index is -0.886. The molecule has 23 heavy (non-hydrogen) atoms. The molecule has 0 amide bonds. The van der Waals surface area contributed by atoms with E-state index in [0.717, 1.165) is 18.5 Å². The van der Waals surface area contributed by atoms with Crippen molar-refractivity contribution in [3.63, 3.8) is 0 Å². The van der Waals surface area contributed by atoms with E-state index < -0.39 is 5.97 Å². The molecule has 0 bridgehead atoms. The predicted molar refractivity (Wildman–Crippen MR) is 93.9 cm³/mol. The van der Waals surface area contributed by atoms with E-state index in [4.69, 9.17) is 5.11 Å².